The van der Waals surface area contributed by atoms with E-state index in [-0.39, 0.29) is 12.2 Å². The van der Waals surface area contributed by atoms with Gasteiger partial charge in [0.2, 0.25) is 0 Å². The van der Waals surface area contributed by atoms with Gasteiger partial charge in [-0.25, -0.2) is 0 Å². The van der Waals surface area contributed by atoms with Crippen molar-refractivity contribution in [2.75, 3.05) is 0 Å². The first-order chi connectivity index (χ1) is 8.51. The lowest BCUT2D eigenvalue weighted by Crippen LogP contribution is -2.41. The molecule has 0 saturated heterocycles. The lowest BCUT2D eigenvalue weighted by atomic mass is 9.80. The Morgan fingerprint density at radius 3 is 2.56 bits per heavy atom. The van der Waals surface area contributed by atoms with Crippen molar-refractivity contribution in [3.63, 3.8) is 0 Å². The first kappa shape index (κ1) is 13.9. The van der Waals surface area contributed by atoms with Gasteiger partial charge in [0, 0.05) is 16.5 Å². The summed E-state index contributed by atoms with van der Waals surface area (Å²) in [6.07, 6.45) is 4.18. The molecule has 0 aliphatic heterocycles. The summed E-state index contributed by atoms with van der Waals surface area (Å²) in [5.41, 5.74) is -0.475. The molecular formula is C14H16Cl2O2. The molecular weight excluding hydrogens is 271 g/mol. The first-order valence-electron chi connectivity index (χ1n) is 6.21. The standard InChI is InChI=1S/C14H16Cl2O2/c15-11-4-5-12(16)10(8-11)9-13(17)14(18)6-2-1-3-7-14/h4-5,8,18H,1-3,6-7,9H2. The van der Waals surface area contributed by atoms with Crippen LogP contribution in [0.4, 0.5) is 0 Å². The van der Waals surface area contributed by atoms with Gasteiger partial charge >= 0.3 is 0 Å². The quantitative estimate of drug-likeness (QED) is 0.918. The molecule has 0 atom stereocenters. The molecule has 1 aromatic rings. The molecule has 0 spiro atoms. The third-order valence-corrected chi connectivity index (χ3v) is 4.16. The third kappa shape index (κ3) is 3.05. The van der Waals surface area contributed by atoms with E-state index in [9.17, 15) is 9.90 Å². The summed E-state index contributed by atoms with van der Waals surface area (Å²) in [6.45, 7) is 0. The van der Waals surface area contributed by atoms with E-state index < -0.39 is 5.60 Å². The molecule has 1 aromatic carbocycles. The zero-order valence-corrected chi connectivity index (χ0v) is 11.6. The fourth-order valence-corrected chi connectivity index (χ4v) is 2.81. The van der Waals surface area contributed by atoms with Crippen LogP contribution in [0.1, 0.15) is 37.7 Å². The summed E-state index contributed by atoms with van der Waals surface area (Å²) >= 11 is 11.9. The van der Waals surface area contributed by atoms with Crippen LogP contribution in [-0.4, -0.2) is 16.5 Å². The Hall–Kier alpha value is -0.570. The number of hydrogen-bond acceptors (Lipinski definition) is 2. The van der Waals surface area contributed by atoms with Gasteiger partial charge in [-0.3, -0.25) is 4.79 Å². The predicted molar refractivity (Wildman–Crippen MR) is 73.2 cm³/mol. The average Bonchev–Trinajstić information content (AvgIpc) is 2.35. The third-order valence-electron chi connectivity index (χ3n) is 3.56. The Morgan fingerprint density at radius 2 is 1.89 bits per heavy atom. The van der Waals surface area contributed by atoms with Crippen LogP contribution in [0.3, 0.4) is 0 Å². The first-order valence-corrected chi connectivity index (χ1v) is 6.96. The van der Waals surface area contributed by atoms with E-state index in [0.29, 0.717) is 28.5 Å². The maximum absolute atomic E-state index is 12.2. The van der Waals surface area contributed by atoms with Crippen molar-refractivity contribution in [3.8, 4) is 0 Å². The zero-order valence-electron chi connectivity index (χ0n) is 10.1. The molecule has 98 valence electrons. The van der Waals surface area contributed by atoms with Crippen LogP contribution in [0.25, 0.3) is 0 Å². The summed E-state index contributed by atoms with van der Waals surface area (Å²) in [7, 11) is 0. The highest BCUT2D eigenvalue weighted by Gasteiger charge is 2.36. The average molecular weight is 287 g/mol. The molecule has 0 radical (unpaired) electrons. The van der Waals surface area contributed by atoms with Crippen LogP contribution in [0.2, 0.25) is 10.0 Å². The Labute approximate surface area is 117 Å². The number of benzene rings is 1. The molecule has 1 fully saturated rings. The lowest BCUT2D eigenvalue weighted by Gasteiger charge is -2.30. The fraction of sp³-hybridized carbons (Fsp3) is 0.500. The van der Waals surface area contributed by atoms with Gasteiger partial charge < -0.3 is 5.11 Å². The van der Waals surface area contributed by atoms with Gasteiger partial charge in [0.25, 0.3) is 0 Å². The van der Waals surface area contributed by atoms with Crippen LogP contribution in [0, 0.1) is 0 Å². The minimum Gasteiger partial charge on any atom is -0.382 e. The Kier molecular flexibility index (Phi) is 4.31. The number of Topliss-reactive ketones (excluding diaryl/α,β-unsaturated/α-hetero) is 1. The second-order valence-electron chi connectivity index (χ2n) is 4.93. The molecule has 0 amide bonds. The monoisotopic (exact) mass is 286 g/mol. The summed E-state index contributed by atoms with van der Waals surface area (Å²) in [4.78, 5) is 12.2. The molecule has 4 heteroatoms. The highest BCUT2D eigenvalue weighted by atomic mass is 35.5. The molecule has 0 aromatic heterocycles. The van der Waals surface area contributed by atoms with E-state index in [4.69, 9.17) is 23.2 Å². The van der Waals surface area contributed by atoms with Gasteiger partial charge in [0.1, 0.15) is 5.60 Å². The van der Waals surface area contributed by atoms with Gasteiger partial charge in [-0.2, -0.15) is 0 Å². The van der Waals surface area contributed by atoms with Gasteiger partial charge in [0.05, 0.1) is 0 Å². The number of hydrogen-bond donors (Lipinski definition) is 1. The number of aliphatic hydroxyl groups is 1. The fourth-order valence-electron chi connectivity index (χ4n) is 2.43. The summed E-state index contributed by atoms with van der Waals surface area (Å²) in [6, 6.07) is 5.05. The second-order valence-corrected chi connectivity index (χ2v) is 5.77. The number of carbonyl (C=O) groups excluding carboxylic acids is 1. The Balaban J connectivity index is 2.13. The molecule has 18 heavy (non-hydrogen) atoms. The number of rotatable bonds is 3. The summed E-state index contributed by atoms with van der Waals surface area (Å²) < 4.78 is 0. The number of carbonyl (C=O) groups is 1. The van der Waals surface area contributed by atoms with Crippen molar-refractivity contribution >= 4 is 29.0 Å². The van der Waals surface area contributed by atoms with Crippen LogP contribution >= 0.6 is 23.2 Å². The van der Waals surface area contributed by atoms with Gasteiger partial charge in [-0.05, 0) is 36.6 Å². The van der Waals surface area contributed by atoms with Crippen molar-refractivity contribution < 1.29 is 9.90 Å². The molecule has 2 nitrogen and oxygen atoms in total. The highest BCUT2D eigenvalue weighted by molar-refractivity contribution is 6.33. The van der Waals surface area contributed by atoms with E-state index in [1.807, 2.05) is 0 Å². The molecule has 1 aliphatic rings. The van der Waals surface area contributed by atoms with Gasteiger partial charge in [-0.1, -0.05) is 42.5 Å². The summed E-state index contributed by atoms with van der Waals surface area (Å²) in [5, 5.41) is 11.4. The van der Waals surface area contributed by atoms with Crippen molar-refractivity contribution in [1.82, 2.24) is 0 Å². The molecule has 2 rings (SSSR count). The van der Waals surface area contributed by atoms with E-state index in [1.165, 1.54) is 0 Å². The highest BCUT2D eigenvalue weighted by Crippen LogP contribution is 2.31. The van der Waals surface area contributed by atoms with Crippen LogP contribution in [0.15, 0.2) is 18.2 Å². The molecule has 0 heterocycles. The van der Waals surface area contributed by atoms with Crippen molar-refractivity contribution in [3.05, 3.63) is 33.8 Å². The lowest BCUT2D eigenvalue weighted by molar-refractivity contribution is -0.139. The normalized spacial score (nSPS) is 18.6. The Bertz CT molecular complexity index is 451. The summed E-state index contributed by atoms with van der Waals surface area (Å²) in [5.74, 6) is -0.147. The maximum Gasteiger partial charge on any atom is 0.168 e. The van der Waals surface area contributed by atoms with E-state index in [1.54, 1.807) is 18.2 Å². The van der Waals surface area contributed by atoms with E-state index in [2.05, 4.69) is 0 Å². The molecule has 0 bridgehead atoms. The zero-order chi connectivity index (χ0) is 13.2. The van der Waals surface area contributed by atoms with Crippen molar-refractivity contribution in [1.29, 1.82) is 0 Å². The van der Waals surface area contributed by atoms with E-state index in [0.717, 1.165) is 19.3 Å². The van der Waals surface area contributed by atoms with Crippen molar-refractivity contribution in [2.24, 2.45) is 0 Å². The predicted octanol–water partition coefficient (Wildman–Crippen LogP) is 3.80. The molecule has 0 unspecified atom stereocenters. The number of halogens is 2. The topological polar surface area (TPSA) is 37.3 Å². The number of ketones is 1. The van der Waals surface area contributed by atoms with Gasteiger partial charge in [0.15, 0.2) is 5.78 Å². The van der Waals surface area contributed by atoms with Crippen LogP contribution < -0.4 is 0 Å². The Morgan fingerprint density at radius 1 is 1.22 bits per heavy atom. The minimum absolute atomic E-state index is 0.147. The molecule has 1 N–H and O–H groups in total. The largest absolute Gasteiger partial charge is 0.382 e. The minimum atomic E-state index is -1.16. The van der Waals surface area contributed by atoms with Gasteiger partial charge in [-0.15, -0.1) is 0 Å². The SMILES string of the molecule is O=C(Cc1cc(Cl)ccc1Cl)C1(O)CCCCC1. The van der Waals surface area contributed by atoms with Crippen LogP contribution in [-0.2, 0) is 11.2 Å². The molecule has 1 aliphatic carbocycles. The van der Waals surface area contributed by atoms with E-state index >= 15 is 0 Å². The smallest absolute Gasteiger partial charge is 0.168 e. The maximum atomic E-state index is 12.2. The van der Waals surface area contributed by atoms with Crippen molar-refractivity contribution in [2.45, 2.75) is 44.1 Å². The second kappa shape index (κ2) is 5.60. The van der Waals surface area contributed by atoms with Crippen LogP contribution in [0.5, 0.6) is 0 Å². The molecule has 1 saturated carbocycles.